The Morgan fingerprint density at radius 3 is 2.31 bits per heavy atom. The Labute approximate surface area is 173 Å². The molecule has 10 heteroatoms. The molecular weight excluding hydrogens is 430 g/mol. The minimum absolute atomic E-state index is 0.00600. The molecule has 2 aromatic heterocycles. The summed E-state index contributed by atoms with van der Waals surface area (Å²) in [5, 5.41) is 3.70. The number of halogens is 5. The summed E-state index contributed by atoms with van der Waals surface area (Å²) in [6, 6.07) is 7.04. The van der Waals surface area contributed by atoms with Crippen molar-refractivity contribution in [2.24, 2.45) is 0 Å². The molecule has 1 aromatic carbocycles. The number of carbonyl (C=O) groups is 1. The second-order valence-electron chi connectivity index (χ2n) is 6.16. The van der Waals surface area contributed by atoms with E-state index in [1.807, 2.05) is 0 Å². The van der Waals surface area contributed by atoms with Gasteiger partial charge in [-0.2, -0.15) is 18.3 Å². The highest BCUT2D eigenvalue weighted by Crippen LogP contribution is 2.34. The van der Waals surface area contributed by atoms with Gasteiger partial charge in [-0.25, -0.2) is 4.68 Å². The van der Waals surface area contributed by atoms with Gasteiger partial charge in [-0.3, -0.25) is 14.2 Å². The van der Waals surface area contributed by atoms with Gasteiger partial charge in [0.1, 0.15) is 5.02 Å². The van der Waals surface area contributed by atoms with Crippen molar-refractivity contribution >= 4 is 29.0 Å². The van der Waals surface area contributed by atoms with Crippen LogP contribution in [0, 0.1) is 0 Å². The quantitative estimate of drug-likeness (QED) is 0.500. The average Bonchev–Trinajstić information content (AvgIpc) is 3.12. The standard InChI is InChI=1S/C19H14Cl2F3N3O2/c1-2-3-15(28)13-10-25-27(17(13)19(22,23)24)12-6-4-11(5-7-12)26-9-8-14(20)16(21)18(26)29/h4-10H,2-3H2,1H3. The van der Waals surface area contributed by atoms with E-state index in [4.69, 9.17) is 23.2 Å². The average molecular weight is 444 g/mol. The minimum Gasteiger partial charge on any atom is -0.294 e. The van der Waals surface area contributed by atoms with Crippen LogP contribution in [0.1, 0.15) is 35.8 Å². The number of hydrogen-bond donors (Lipinski definition) is 0. The van der Waals surface area contributed by atoms with Gasteiger partial charge >= 0.3 is 6.18 Å². The van der Waals surface area contributed by atoms with Crippen molar-refractivity contribution in [2.45, 2.75) is 25.9 Å². The van der Waals surface area contributed by atoms with Gasteiger partial charge in [0.05, 0.1) is 22.5 Å². The molecule has 0 aliphatic heterocycles. The van der Waals surface area contributed by atoms with Crippen molar-refractivity contribution in [3.05, 3.63) is 74.4 Å². The molecule has 3 rings (SSSR count). The summed E-state index contributed by atoms with van der Waals surface area (Å²) < 4.78 is 42.7. The highest BCUT2D eigenvalue weighted by molar-refractivity contribution is 6.41. The molecule has 0 unspecified atom stereocenters. The highest BCUT2D eigenvalue weighted by atomic mass is 35.5. The number of hydrogen-bond acceptors (Lipinski definition) is 3. The fourth-order valence-electron chi connectivity index (χ4n) is 2.83. The van der Waals surface area contributed by atoms with Crippen LogP contribution < -0.4 is 5.56 Å². The first-order valence-corrected chi connectivity index (χ1v) is 9.26. The van der Waals surface area contributed by atoms with Gasteiger partial charge in [0.2, 0.25) is 0 Å². The number of rotatable bonds is 5. The molecule has 2 heterocycles. The largest absolute Gasteiger partial charge is 0.434 e. The predicted molar refractivity (Wildman–Crippen MR) is 103 cm³/mol. The van der Waals surface area contributed by atoms with Crippen molar-refractivity contribution in [2.75, 3.05) is 0 Å². The van der Waals surface area contributed by atoms with Crippen LogP contribution in [0.25, 0.3) is 11.4 Å². The maximum Gasteiger partial charge on any atom is 0.434 e. The van der Waals surface area contributed by atoms with Gasteiger partial charge in [0.25, 0.3) is 5.56 Å². The van der Waals surface area contributed by atoms with E-state index in [1.54, 1.807) is 6.92 Å². The van der Waals surface area contributed by atoms with Crippen molar-refractivity contribution in [1.82, 2.24) is 14.3 Å². The summed E-state index contributed by atoms with van der Waals surface area (Å²) >= 11 is 11.7. The molecule has 0 bridgehead atoms. The SMILES string of the molecule is CCCC(=O)c1cnn(-c2ccc(-n3ccc(Cl)c(Cl)c3=O)cc2)c1C(F)(F)F. The molecular formula is C19H14Cl2F3N3O2. The third-order valence-corrected chi connectivity index (χ3v) is 4.95. The lowest BCUT2D eigenvalue weighted by Gasteiger charge is -2.13. The van der Waals surface area contributed by atoms with E-state index in [1.165, 1.54) is 41.1 Å². The highest BCUT2D eigenvalue weighted by Gasteiger charge is 2.40. The first kappa shape index (κ1) is 21.1. The number of ketones is 1. The summed E-state index contributed by atoms with van der Waals surface area (Å²) in [6.45, 7) is 1.71. The van der Waals surface area contributed by atoms with Gasteiger partial charge in [0, 0.05) is 18.3 Å². The Morgan fingerprint density at radius 1 is 1.10 bits per heavy atom. The number of nitrogens with zero attached hydrogens (tertiary/aromatic N) is 3. The fraction of sp³-hybridized carbons (Fsp3) is 0.211. The topological polar surface area (TPSA) is 56.9 Å². The summed E-state index contributed by atoms with van der Waals surface area (Å²) in [6.07, 6.45) is -2.02. The Hall–Kier alpha value is -2.58. The van der Waals surface area contributed by atoms with E-state index in [-0.39, 0.29) is 22.2 Å². The molecule has 0 aliphatic rings. The number of carbonyl (C=O) groups excluding carboxylic acids is 1. The van der Waals surface area contributed by atoms with Crippen LogP contribution in [-0.2, 0) is 6.18 Å². The third kappa shape index (κ3) is 4.09. The van der Waals surface area contributed by atoms with Crippen molar-refractivity contribution in [1.29, 1.82) is 0 Å². The van der Waals surface area contributed by atoms with E-state index >= 15 is 0 Å². The molecule has 0 N–H and O–H groups in total. The lowest BCUT2D eigenvalue weighted by Crippen LogP contribution is -2.19. The molecule has 152 valence electrons. The zero-order valence-electron chi connectivity index (χ0n) is 15.0. The smallest absolute Gasteiger partial charge is 0.294 e. The Balaban J connectivity index is 2.06. The van der Waals surface area contributed by atoms with Crippen LogP contribution in [0.4, 0.5) is 13.2 Å². The molecule has 5 nitrogen and oxygen atoms in total. The van der Waals surface area contributed by atoms with E-state index in [9.17, 15) is 22.8 Å². The summed E-state index contributed by atoms with van der Waals surface area (Å²) in [7, 11) is 0. The monoisotopic (exact) mass is 443 g/mol. The Morgan fingerprint density at radius 2 is 1.72 bits per heavy atom. The first-order valence-electron chi connectivity index (χ1n) is 8.51. The predicted octanol–water partition coefficient (Wildman–Crippen LogP) is 5.33. The molecule has 3 aromatic rings. The van der Waals surface area contributed by atoms with Crippen molar-refractivity contribution < 1.29 is 18.0 Å². The summed E-state index contributed by atoms with van der Waals surface area (Å²) in [5.41, 5.74) is -1.70. The van der Waals surface area contributed by atoms with Crippen LogP contribution >= 0.6 is 23.2 Å². The number of Topliss-reactive ketones (excluding diaryl/α,β-unsaturated/α-hetero) is 1. The minimum atomic E-state index is -4.77. The first-order chi connectivity index (χ1) is 13.6. The maximum atomic E-state index is 13.6. The fourth-order valence-corrected chi connectivity index (χ4v) is 3.12. The van der Waals surface area contributed by atoms with E-state index in [2.05, 4.69) is 5.10 Å². The summed E-state index contributed by atoms with van der Waals surface area (Å²) in [4.78, 5) is 24.3. The van der Waals surface area contributed by atoms with Gasteiger partial charge < -0.3 is 0 Å². The molecule has 0 atom stereocenters. The number of benzene rings is 1. The third-order valence-electron chi connectivity index (χ3n) is 4.17. The molecule has 0 fully saturated rings. The van der Waals surface area contributed by atoms with Gasteiger partial charge in [-0.15, -0.1) is 0 Å². The number of alkyl halides is 3. The lowest BCUT2D eigenvalue weighted by atomic mass is 10.1. The normalized spacial score (nSPS) is 11.7. The van der Waals surface area contributed by atoms with Crippen molar-refractivity contribution in [3.63, 3.8) is 0 Å². The van der Waals surface area contributed by atoms with Gasteiger partial charge in [-0.1, -0.05) is 30.1 Å². The zero-order chi connectivity index (χ0) is 21.3. The molecule has 0 amide bonds. The van der Waals surface area contributed by atoms with Crippen LogP contribution in [0.2, 0.25) is 10.0 Å². The number of pyridine rings is 1. The van der Waals surface area contributed by atoms with Crippen LogP contribution in [0.15, 0.2) is 47.5 Å². The zero-order valence-corrected chi connectivity index (χ0v) is 16.5. The molecule has 0 spiro atoms. The molecule has 0 aliphatic carbocycles. The number of aromatic nitrogens is 3. The van der Waals surface area contributed by atoms with Gasteiger partial charge in [-0.05, 0) is 36.8 Å². The van der Waals surface area contributed by atoms with Gasteiger partial charge in [0.15, 0.2) is 11.5 Å². The molecule has 0 radical (unpaired) electrons. The molecule has 0 saturated carbocycles. The Kier molecular flexibility index (Phi) is 5.86. The van der Waals surface area contributed by atoms with Crippen molar-refractivity contribution in [3.8, 4) is 11.4 Å². The van der Waals surface area contributed by atoms with Crippen LogP contribution in [0.3, 0.4) is 0 Å². The lowest BCUT2D eigenvalue weighted by molar-refractivity contribution is -0.143. The van der Waals surface area contributed by atoms with Crippen LogP contribution in [0.5, 0.6) is 0 Å². The second kappa shape index (κ2) is 8.04. The Bertz CT molecular complexity index is 1120. The molecule has 29 heavy (non-hydrogen) atoms. The van der Waals surface area contributed by atoms with E-state index in [0.29, 0.717) is 16.8 Å². The van der Waals surface area contributed by atoms with Crippen LogP contribution in [-0.4, -0.2) is 20.1 Å². The summed E-state index contributed by atoms with van der Waals surface area (Å²) in [5.74, 6) is -0.620. The van der Waals surface area contributed by atoms with E-state index < -0.39 is 28.8 Å². The molecule has 0 saturated heterocycles. The van der Waals surface area contributed by atoms with E-state index in [0.717, 1.165) is 6.20 Å². The maximum absolute atomic E-state index is 13.6. The second-order valence-corrected chi connectivity index (χ2v) is 6.94.